The van der Waals surface area contributed by atoms with Crippen LogP contribution in [0, 0.1) is 0 Å². The van der Waals surface area contributed by atoms with Gasteiger partial charge in [0.1, 0.15) is 6.10 Å². The fourth-order valence-electron chi connectivity index (χ4n) is 0.526. The van der Waals surface area contributed by atoms with Gasteiger partial charge in [0.15, 0.2) is 0 Å². The Morgan fingerprint density at radius 1 is 1.21 bits per heavy atom. The first-order valence-corrected chi connectivity index (χ1v) is 4.54. The fraction of sp³-hybridized carbons (Fsp3) is 0.778. The molecule has 14 heavy (non-hydrogen) atoms. The summed E-state index contributed by atoms with van der Waals surface area (Å²) in [6, 6.07) is 0. The molecular formula is C9H18O5. The summed E-state index contributed by atoms with van der Waals surface area (Å²) in [6.07, 6.45) is 2.05. The highest BCUT2D eigenvalue weighted by molar-refractivity contribution is 5.71. The van der Waals surface area contributed by atoms with E-state index in [9.17, 15) is 9.59 Å². The second-order valence-electron chi connectivity index (χ2n) is 2.87. The van der Waals surface area contributed by atoms with Gasteiger partial charge < -0.3 is 15.3 Å². The van der Waals surface area contributed by atoms with Gasteiger partial charge in [0.25, 0.3) is 0 Å². The third kappa shape index (κ3) is 17.1. The predicted octanol–water partition coefficient (Wildman–Crippen LogP) is 1.10. The van der Waals surface area contributed by atoms with E-state index in [4.69, 9.17) is 15.3 Å². The molecule has 0 saturated heterocycles. The number of hydrogen-bond acceptors (Lipinski definition) is 3. The molecule has 0 aliphatic heterocycles. The average molecular weight is 206 g/mol. The second-order valence-corrected chi connectivity index (χ2v) is 2.87. The number of hydrogen-bond donors (Lipinski definition) is 3. The predicted molar refractivity (Wildman–Crippen MR) is 51.1 cm³/mol. The van der Waals surface area contributed by atoms with Crippen molar-refractivity contribution in [3.05, 3.63) is 0 Å². The maximum atomic E-state index is 9.87. The summed E-state index contributed by atoms with van der Waals surface area (Å²) < 4.78 is 0. The number of unbranched alkanes of at least 4 members (excludes halogenated alkanes) is 2. The summed E-state index contributed by atoms with van der Waals surface area (Å²) in [5.74, 6) is -1.87. The van der Waals surface area contributed by atoms with Crippen LogP contribution in [0.15, 0.2) is 0 Å². The normalized spacial score (nSPS) is 11.1. The van der Waals surface area contributed by atoms with E-state index in [-0.39, 0.29) is 0 Å². The molecule has 1 atom stereocenters. The molecule has 3 N–H and O–H groups in total. The molecule has 0 saturated carbocycles. The zero-order valence-corrected chi connectivity index (χ0v) is 8.56. The van der Waals surface area contributed by atoms with Gasteiger partial charge in [0, 0.05) is 6.42 Å². The Hall–Kier alpha value is -1.10. The SMILES string of the molecule is CC(O)C(=O)O.CCCCCC(=O)O. The molecule has 0 fully saturated rings. The molecule has 0 bridgehead atoms. The van der Waals surface area contributed by atoms with E-state index in [0.717, 1.165) is 19.3 Å². The number of aliphatic carboxylic acids is 2. The van der Waals surface area contributed by atoms with E-state index in [1.807, 2.05) is 0 Å². The Labute approximate surface area is 83.4 Å². The average Bonchev–Trinajstić information content (AvgIpc) is 2.05. The Bertz CT molecular complexity index is 165. The smallest absolute Gasteiger partial charge is 0.332 e. The molecule has 0 rings (SSSR count). The molecule has 0 aliphatic rings. The van der Waals surface area contributed by atoms with Crippen molar-refractivity contribution in [2.75, 3.05) is 0 Å². The molecule has 0 aromatic carbocycles. The van der Waals surface area contributed by atoms with Crippen molar-refractivity contribution in [3.63, 3.8) is 0 Å². The maximum absolute atomic E-state index is 9.87. The van der Waals surface area contributed by atoms with E-state index >= 15 is 0 Å². The van der Waals surface area contributed by atoms with Crippen molar-refractivity contribution in [1.82, 2.24) is 0 Å². The van der Waals surface area contributed by atoms with Gasteiger partial charge in [-0.25, -0.2) is 4.79 Å². The molecule has 0 aromatic rings. The summed E-state index contributed by atoms with van der Waals surface area (Å²) in [5, 5.41) is 23.9. The quantitative estimate of drug-likeness (QED) is 0.585. The highest BCUT2D eigenvalue weighted by Crippen LogP contribution is 1.97. The number of carbonyl (C=O) groups is 2. The summed E-state index contributed by atoms with van der Waals surface area (Å²) in [4.78, 5) is 19.3. The number of aliphatic hydroxyl groups is 1. The number of rotatable bonds is 5. The third-order valence-corrected chi connectivity index (χ3v) is 1.35. The Balaban J connectivity index is 0. The third-order valence-electron chi connectivity index (χ3n) is 1.35. The molecule has 5 heteroatoms. The van der Waals surface area contributed by atoms with Crippen molar-refractivity contribution in [1.29, 1.82) is 0 Å². The van der Waals surface area contributed by atoms with Gasteiger partial charge >= 0.3 is 11.9 Å². The molecule has 0 aromatic heterocycles. The Morgan fingerprint density at radius 2 is 1.64 bits per heavy atom. The van der Waals surface area contributed by atoms with E-state index < -0.39 is 18.0 Å². The van der Waals surface area contributed by atoms with Crippen LogP contribution in [0.1, 0.15) is 39.5 Å². The van der Waals surface area contributed by atoms with Crippen molar-refractivity contribution >= 4 is 11.9 Å². The summed E-state index contributed by atoms with van der Waals surface area (Å²) >= 11 is 0. The number of carboxylic acid groups (broad SMARTS) is 2. The van der Waals surface area contributed by atoms with Crippen LogP contribution in [-0.2, 0) is 9.59 Å². The minimum Gasteiger partial charge on any atom is -0.481 e. The molecule has 0 heterocycles. The first-order valence-electron chi connectivity index (χ1n) is 4.54. The van der Waals surface area contributed by atoms with E-state index in [0.29, 0.717) is 6.42 Å². The molecule has 84 valence electrons. The van der Waals surface area contributed by atoms with Crippen molar-refractivity contribution in [3.8, 4) is 0 Å². The van der Waals surface area contributed by atoms with Gasteiger partial charge in [0.05, 0.1) is 0 Å². The first-order chi connectivity index (χ1) is 6.41. The van der Waals surface area contributed by atoms with Crippen LogP contribution in [0.2, 0.25) is 0 Å². The molecule has 0 radical (unpaired) electrons. The molecule has 5 nitrogen and oxygen atoms in total. The lowest BCUT2D eigenvalue weighted by Gasteiger charge is -1.89. The summed E-state index contributed by atoms with van der Waals surface area (Å²) in [5.41, 5.74) is 0. The second kappa shape index (κ2) is 9.98. The van der Waals surface area contributed by atoms with Gasteiger partial charge in [-0.2, -0.15) is 0 Å². The van der Waals surface area contributed by atoms with E-state index in [1.165, 1.54) is 6.92 Å². The topological polar surface area (TPSA) is 94.8 Å². The molecule has 0 amide bonds. The highest BCUT2D eigenvalue weighted by Gasteiger charge is 2.01. The lowest BCUT2D eigenvalue weighted by Crippen LogP contribution is -2.13. The lowest BCUT2D eigenvalue weighted by molar-refractivity contribution is -0.145. The Morgan fingerprint density at radius 3 is 1.86 bits per heavy atom. The van der Waals surface area contributed by atoms with E-state index in [1.54, 1.807) is 0 Å². The van der Waals surface area contributed by atoms with Gasteiger partial charge in [-0.05, 0) is 13.3 Å². The number of carboxylic acids is 2. The van der Waals surface area contributed by atoms with Gasteiger partial charge in [0.2, 0.25) is 0 Å². The Kier molecular flexibility index (Phi) is 11.0. The molecule has 0 spiro atoms. The van der Waals surface area contributed by atoms with Gasteiger partial charge in [-0.3, -0.25) is 4.79 Å². The molecule has 1 unspecified atom stereocenters. The minimum atomic E-state index is -1.23. The van der Waals surface area contributed by atoms with Gasteiger partial charge in [-0.15, -0.1) is 0 Å². The summed E-state index contributed by atoms with van der Waals surface area (Å²) in [7, 11) is 0. The first kappa shape index (κ1) is 15.4. The summed E-state index contributed by atoms with van der Waals surface area (Å²) in [6.45, 7) is 3.25. The van der Waals surface area contributed by atoms with Crippen LogP contribution in [0.25, 0.3) is 0 Å². The molecular weight excluding hydrogens is 188 g/mol. The van der Waals surface area contributed by atoms with Crippen LogP contribution in [-0.4, -0.2) is 33.4 Å². The van der Waals surface area contributed by atoms with Crippen LogP contribution in [0.5, 0.6) is 0 Å². The number of aliphatic hydroxyl groups excluding tert-OH is 1. The van der Waals surface area contributed by atoms with Crippen molar-refractivity contribution < 1.29 is 24.9 Å². The highest BCUT2D eigenvalue weighted by atomic mass is 16.4. The van der Waals surface area contributed by atoms with Crippen molar-refractivity contribution in [2.45, 2.75) is 45.6 Å². The van der Waals surface area contributed by atoms with Crippen LogP contribution in [0.3, 0.4) is 0 Å². The standard InChI is InChI=1S/C6H12O2.C3H6O3/c1-2-3-4-5-6(7)8;1-2(4)3(5)6/h2-5H2,1H3,(H,7,8);2,4H,1H3,(H,5,6). The fourth-order valence-corrected chi connectivity index (χ4v) is 0.526. The van der Waals surface area contributed by atoms with E-state index in [2.05, 4.69) is 6.92 Å². The maximum Gasteiger partial charge on any atom is 0.332 e. The zero-order valence-electron chi connectivity index (χ0n) is 8.56. The molecule has 0 aliphatic carbocycles. The van der Waals surface area contributed by atoms with Crippen molar-refractivity contribution in [2.24, 2.45) is 0 Å². The van der Waals surface area contributed by atoms with Gasteiger partial charge in [-0.1, -0.05) is 19.8 Å². The van der Waals surface area contributed by atoms with Crippen LogP contribution >= 0.6 is 0 Å². The zero-order chi connectivity index (χ0) is 11.6. The largest absolute Gasteiger partial charge is 0.481 e. The lowest BCUT2D eigenvalue weighted by atomic mass is 10.2. The monoisotopic (exact) mass is 206 g/mol. The minimum absolute atomic E-state index is 0.327. The van der Waals surface area contributed by atoms with Crippen LogP contribution < -0.4 is 0 Å². The van der Waals surface area contributed by atoms with Crippen LogP contribution in [0.4, 0.5) is 0 Å².